The molecule has 26 heavy (non-hydrogen) atoms. The average Bonchev–Trinajstić information content (AvgIpc) is 2.95. The van der Waals surface area contributed by atoms with Crippen LogP contribution in [-0.2, 0) is 0 Å². The highest BCUT2D eigenvalue weighted by Gasteiger charge is 2.11. The lowest BCUT2D eigenvalue weighted by atomic mass is 10.1. The van der Waals surface area contributed by atoms with Crippen molar-refractivity contribution >= 4 is 27.5 Å². The number of nitrogen functional groups attached to an aromatic ring is 1. The molecule has 0 saturated heterocycles. The van der Waals surface area contributed by atoms with Crippen LogP contribution in [-0.4, -0.2) is 14.6 Å². The van der Waals surface area contributed by atoms with E-state index in [1.54, 1.807) is 10.9 Å². The Morgan fingerprint density at radius 2 is 1.50 bits per heavy atom. The summed E-state index contributed by atoms with van der Waals surface area (Å²) in [6.45, 7) is 0. The molecule has 0 aromatic carbocycles. The summed E-state index contributed by atoms with van der Waals surface area (Å²) in [5.74, 6) is 6.26. The molecule has 0 aliphatic heterocycles. The van der Waals surface area contributed by atoms with Crippen LogP contribution in [0.1, 0.15) is 5.69 Å². The van der Waals surface area contributed by atoms with Gasteiger partial charge in [-0.25, -0.2) is 9.66 Å². The third kappa shape index (κ3) is 3.00. The molecule has 4 rings (SSSR count). The summed E-state index contributed by atoms with van der Waals surface area (Å²) >= 11 is 0. The first-order valence-corrected chi connectivity index (χ1v) is 8.40. The van der Waals surface area contributed by atoms with Gasteiger partial charge in [0.1, 0.15) is 0 Å². The van der Waals surface area contributed by atoms with Crippen LogP contribution in [0.5, 0.6) is 0 Å². The van der Waals surface area contributed by atoms with Crippen LogP contribution in [0, 0.1) is 0 Å². The Hall–Kier alpha value is -3.66. The van der Waals surface area contributed by atoms with E-state index in [4.69, 9.17) is 10.8 Å². The van der Waals surface area contributed by atoms with Gasteiger partial charge in [-0.2, -0.15) is 0 Å². The summed E-state index contributed by atoms with van der Waals surface area (Å²) < 4.78 is 1.62. The number of aromatic nitrogens is 3. The Labute approximate surface area is 151 Å². The number of hydrogen-bond donors (Lipinski definition) is 1. The van der Waals surface area contributed by atoms with Crippen molar-refractivity contribution in [3.63, 3.8) is 0 Å². The predicted molar refractivity (Wildman–Crippen MR) is 109 cm³/mol. The van der Waals surface area contributed by atoms with Crippen LogP contribution in [0.2, 0.25) is 0 Å². The van der Waals surface area contributed by atoms with Gasteiger partial charge in [0.2, 0.25) is 0 Å². The van der Waals surface area contributed by atoms with E-state index in [1.165, 1.54) is 0 Å². The highest BCUT2D eigenvalue weighted by Crippen LogP contribution is 2.27. The third-order valence-corrected chi connectivity index (χ3v) is 4.19. The SMILES string of the molecule is Nn1c2ccncc2c2ccc(C3=C/C=C\C=C/C=C\C=C/C=C\3)nc21. The molecule has 126 valence electrons. The van der Waals surface area contributed by atoms with Gasteiger partial charge in [-0.1, -0.05) is 66.8 Å². The molecule has 4 heteroatoms. The Balaban J connectivity index is 1.84. The summed E-state index contributed by atoms with van der Waals surface area (Å²) in [6, 6.07) is 5.97. The van der Waals surface area contributed by atoms with Crippen LogP contribution in [0.15, 0.2) is 97.4 Å². The standard InChI is InChI=1S/C22H18N4/c23-26-21-14-15-24-16-19(21)18-12-13-20(25-22(18)26)17-10-8-6-4-2-1-3-5-7-9-11-17/h1-16H,23H2/b2-1-,3-1?,4-2?,5-3-,6-4-,7-5?,8-6?,9-7-,10-8-,11-9?,17-10?,17-11+. The second kappa shape index (κ2) is 7.07. The van der Waals surface area contributed by atoms with Gasteiger partial charge < -0.3 is 5.84 Å². The van der Waals surface area contributed by atoms with Crippen LogP contribution in [0.3, 0.4) is 0 Å². The molecule has 0 radical (unpaired) electrons. The second-order valence-corrected chi connectivity index (χ2v) is 5.85. The van der Waals surface area contributed by atoms with Crippen molar-refractivity contribution in [2.45, 2.75) is 0 Å². The molecule has 0 atom stereocenters. The van der Waals surface area contributed by atoms with Gasteiger partial charge in [0.15, 0.2) is 5.65 Å². The Kier molecular flexibility index (Phi) is 4.31. The predicted octanol–water partition coefficient (Wildman–Crippen LogP) is 4.48. The molecular formula is C22H18N4. The van der Waals surface area contributed by atoms with Gasteiger partial charge in [-0.3, -0.25) is 4.98 Å². The van der Waals surface area contributed by atoms with Crippen molar-refractivity contribution in [2.75, 3.05) is 5.84 Å². The lowest BCUT2D eigenvalue weighted by Gasteiger charge is -2.03. The minimum atomic E-state index is 0.744. The van der Waals surface area contributed by atoms with Crippen LogP contribution in [0.25, 0.3) is 27.5 Å². The molecule has 4 nitrogen and oxygen atoms in total. The van der Waals surface area contributed by atoms with Crippen LogP contribution >= 0.6 is 0 Å². The first-order valence-electron chi connectivity index (χ1n) is 8.40. The van der Waals surface area contributed by atoms with Crippen molar-refractivity contribution in [3.8, 4) is 0 Å². The van der Waals surface area contributed by atoms with Gasteiger partial charge in [0.25, 0.3) is 0 Å². The topological polar surface area (TPSA) is 56.7 Å². The largest absolute Gasteiger partial charge is 0.337 e. The minimum Gasteiger partial charge on any atom is -0.337 e. The molecule has 0 fully saturated rings. The number of allylic oxidation sites excluding steroid dienone is 12. The molecule has 0 unspecified atom stereocenters. The van der Waals surface area contributed by atoms with Crippen LogP contribution < -0.4 is 5.84 Å². The first kappa shape index (κ1) is 15.8. The maximum atomic E-state index is 6.26. The number of fused-ring (bicyclic) bond motifs is 3. The van der Waals surface area contributed by atoms with Gasteiger partial charge in [-0.05, 0) is 18.2 Å². The molecule has 0 spiro atoms. The molecule has 1 aliphatic rings. The van der Waals surface area contributed by atoms with E-state index in [0.29, 0.717) is 0 Å². The smallest absolute Gasteiger partial charge is 0.160 e. The Morgan fingerprint density at radius 1 is 0.769 bits per heavy atom. The van der Waals surface area contributed by atoms with Gasteiger partial charge >= 0.3 is 0 Å². The zero-order chi connectivity index (χ0) is 17.8. The molecule has 0 saturated carbocycles. The van der Waals surface area contributed by atoms with E-state index in [0.717, 1.165) is 33.2 Å². The van der Waals surface area contributed by atoms with Crippen molar-refractivity contribution in [2.24, 2.45) is 0 Å². The van der Waals surface area contributed by atoms with Crippen molar-refractivity contribution in [3.05, 3.63) is 103 Å². The Bertz CT molecular complexity index is 1140. The monoisotopic (exact) mass is 338 g/mol. The number of nitrogens with two attached hydrogens (primary N) is 1. The second-order valence-electron chi connectivity index (χ2n) is 5.85. The summed E-state index contributed by atoms with van der Waals surface area (Å²) in [5.41, 5.74) is 3.54. The summed E-state index contributed by atoms with van der Waals surface area (Å²) in [7, 11) is 0. The van der Waals surface area contributed by atoms with E-state index < -0.39 is 0 Å². The van der Waals surface area contributed by atoms with Crippen molar-refractivity contribution < 1.29 is 0 Å². The molecule has 0 amide bonds. The van der Waals surface area contributed by atoms with E-state index in [1.807, 2.05) is 85.2 Å². The molecule has 3 aromatic heterocycles. The van der Waals surface area contributed by atoms with E-state index in [-0.39, 0.29) is 0 Å². The summed E-state index contributed by atoms with van der Waals surface area (Å²) in [6.07, 6.45) is 25.6. The van der Waals surface area contributed by atoms with Gasteiger partial charge in [0, 0.05) is 28.7 Å². The highest BCUT2D eigenvalue weighted by atomic mass is 15.3. The fourth-order valence-electron chi connectivity index (χ4n) is 2.92. The number of rotatable bonds is 1. The van der Waals surface area contributed by atoms with Gasteiger partial charge in [-0.15, -0.1) is 0 Å². The van der Waals surface area contributed by atoms with E-state index in [9.17, 15) is 0 Å². The van der Waals surface area contributed by atoms with Crippen molar-refractivity contribution in [1.82, 2.24) is 14.6 Å². The Morgan fingerprint density at radius 3 is 2.31 bits per heavy atom. The maximum absolute atomic E-state index is 6.26. The van der Waals surface area contributed by atoms with E-state index in [2.05, 4.69) is 11.1 Å². The normalized spacial score (nSPS) is 22.7. The lowest BCUT2D eigenvalue weighted by molar-refractivity contribution is 1.08. The first-order chi connectivity index (χ1) is 12.8. The molecule has 3 aromatic rings. The number of nitrogens with zero attached hydrogens (tertiary/aromatic N) is 3. The summed E-state index contributed by atoms with van der Waals surface area (Å²) in [4.78, 5) is 9.00. The van der Waals surface area contributed by atoms with Crippen LogP contribution in [0.4, 0.5) is 0 Å². The lowest BCUT2D eigenvalue weighted by Crippen LogP contribution is -2.08. The maximum Gasteiger partial charge on any atom is 0.160 e. The minimum absolute atomic E-state index is 0.744. The molecule has 0 bridgehead atoms. The third-order valence-electron chi connectivity index (χ3n) is 4.19. The zero-order valence-electron chi connectivity index (χ0n) is 14.2. The molecular weight excluding hydrogens is 320 g/mol. The number of pyridine rings is 2. The van der Waals surface area contributed by atoms with E-state index >= 15 is 0 Å². The quantitative estimate of drug-likeness (QED) is 0.666. The number of hydrogen-bond acceptors (Lipinski definition) is 3. The van der Waals surface area contributed by atoms with Gasteiger partial charge in [0.05, 0.1) is 11.2 Å². The highest BCUT2D eigenvalue weighted by molar-refractivity contribution is 6.06. The fourth-order valence-corrected chi connectivity index (χ4v) is 2.92. The molecule has 3 heterocycles. The average molecular weight is 338 g/mol. The zero-order valence-corrected chi connectivity index (χ0v) is 14.2. The fraction of sp³-hybridized carbons (Fsp3) is 0. The summed E-state index contributed by atoms with van der Waals surface area (Å²) in [5, 5.41) is 2.01. The molecule has 1 aliphatic carbocycles. The molecule has 2 N–H and O–H groups in total. The van der Waals surface area contributed by atoms with Crippen molar-refractivity contribution in [1.29, 1.82) is 0 Å².